The van der Waals surface area contributed by atoms with Gasteiger partial charge in [-0.3, -0.25) is 0 Å². The Hall–Kier alpha value is -1.39. The van der Waals surface area contributed by atoms with E-state index in [-0.39, 0.29) is 0 Å². The predicted octanol–water partition coefficient (Wildman–Crippen LogP) is 3.83. The molecule has 3 heterocycles. The molecule has 0 unspecified atom stereocenters. The summed E-state index contributed by atoms with van der Waals surface area (Å²) < 4.78 is 2.21. The first-order valence-corrected chi connectivity index (χ1v) is 8.09. The summed E-state index contributed by atoms with van der Waals surface area (Å²) in [5.41, 5.74) is 3.07. The first-order chi connectivity index (χ1) is 9.78. The Morgan fingerprint density at radius 3 is 3.00 bits per heavy atom. The molecule has 20 heavy (non-hydrogen) atoms. The molecular formula is C15H16ClN3S. The maximum absolute atomic E-state index is 5.89. The Morgan fingerprint density at radius 2 is 2.25 bits per heavy atom. The monoisotopic (exact) mass is 305 g/mol. The number of aryl methyl sites for hydroxylation is 4. The van der Waals surface area contributed by atoms with Gasteiger partial charge in [-0.25, -0.2) is 9.97 Å². The zero-order valence-corrected chi connectivity index (χ0v) is 12.9. The van der Waals surface area contributed by atoms with E-state index >= 15 is 0 Å². The van der Waals surface area contributed by atoms with E-state index < -0.39 is 0 Å². The number of hydrogen-bond donors (Lipinski definition) is 0. The molecule has 0 fully saturated rings. The molecule has 5 heteroatoms. The highest BCUT2D eigenvalue weighted by molar-refractivity contribution is 7.09. The summed E-state index contributed by atoms with van der Waals surface area (Å²) in [7, 11) is 0. The van der Waals surface area contributed by atoms with Gasteiger partial charge in [-0.15, -0.1) is 22.9 Å². The van der Waals surface area contributed by atoms with E-state index in [0.29, 0.717) is 5.88 Å². The number of nitrogens with zero attached hydrogens (tertiary/aromatic N) is 3. The van der Waals surface area contributed by atoms with Crippen LogP contribution in [-0.2, 0) is 19.4 Å². The molecule has 0 saturated carbocycles. The number of imidazole rings is 1. The molecule has 3 rings (SSSR count). The highest BCUT2D eigenvalue weighted by Crippen LogP contribution is 2.18. The van der Waals surface area contributed by atoms with Gasteiger partial charge in [0.25, 0.3) is 0 Å². The van der Waals surface area contributed by atoms with Crippen molar-refractivity contribution >= 4 is 34.1 Å². The van der Waals surface area contributed by atoms with Crippen LogP contribution in [0.3, 0.4) is 0 Å². The number of thiophene rings is 1. The van der Waals surface area contributed by atoms with Gasteiger partial charge in [0.1, 0.15) is 11.3 Å². The van der Waals surface area contributed by atoms with E-state index in [2.05, 4.69) is 38.1 Å². The number of alkyl halides is 1. The van der Waals surface area contributed by atoms with Crippen molar-refractivity contribution in [3.05, 3.63) is 46.0 Å². The molecule has 0 spiro atoms. The van der Waals surface area contributed by atoms with Crippen LogP contribution in [0.4, 0.5) is 0 Å². The quantitative estimate of drug-likeness (QED) is 0.671. The van der Waals surface area contributed by atoms with Crippen molar-refractivity contribution in [1.29, 1.82) is 0 Å². The van der Waals surface area contributed by atoms with Crippen molar-refractivity contribution in [1.82, 2.24) is 14.5 Å². The predicted molar refractivity (Wildman–Crippen MR) is 84.7 cm³/mol. The molecule has 0 atom stereocenters. The normalized spacial score (nSPS) is 11.3. The van der Waals surface area contributed by atoms with Crippen LogP contribution in [0.15, 0.2) is 29.8 Å². The van der Waals surface area contributed by atoms with E-state index in [4.69, 9.17) is 11.6 Å². The van der Waals surface area contributed by atoms with Crippen molar-refractivity contribution in [2.24, 2.45) is 0 Å². The minimum absolute atomic E-state index is 0.585. The molecule has 0 amide bonds. The average molecular weight is 306 g/mol. The van der Waals surface area contributed by atoms with Crippen LogP contribution in [-0.4, -0.2) is 20.4 Å². The summed E-state index contributed by atoms with van der Waals surface area (Å²) in [6, 6.07) is 6.34. The van der Waals surface area contributed by atoms with Crippen LogP contribution < -0.4 is 0 Å². The average Bonchev–Trinajstić information content (AvgIpc) is 3.04. The fourth-order valence-corrected chi connectivity index (χ4v) is 3.21. The second-order valence-corrected chi connectivity index (χ2v) is 6.21. The van der Waals surface area contributed by atoms with Crippen LogP contribution in [0.1, 0.15) is 16.3 Å². The van der Waals surface area contributed by atoms with Crippen LogP contribution in [0.25, 0.3) is 11.2 Å². The lowest BCUT2D eigenvalue weighted by Gasteiger charge is -2.07. The van der Waals surface area contributed by atoms with Crippen LogP contribution in [0.2, 0.25) is 0 Å². The van der Waals surface area contributed by atoms with Crippen LogP contribution >= 0.6 is 22.9 Å². The number of halogens is 1. The van der Waals surface area contributed by atoms with Gasteiger partial charge in [-0.1, -0.05) is 6.07 Å². The molecule has 0 aliphatic carbocycles. The molecule has 0 aromatic carbocycles. The second-order valence-electron chi connectivity index (χ2n) is 4.80. The number of pyridine rings is 1. The first-order valence-electron chi connectivity index (χ1n) is 6.68. The van der Waals surface area contributed by atoms with Gasteiger partial charge in [0, 0.05) is 29.9 Å². The third-order valence-corrected chi connectivity index (χ3v) is 4.41. The molecule has 3 aromatic rings. The van der Waals surface area contributed by atoms with Crippen molar-refractivity contribution in [3.8, 4) is 0 Å². The molecule has 0 saturated heterocycles. The van der Waals surface area contributed by atoms with Crippen molar-refractivity contribution in [2.75, 3.05) is 5.88 Å². The topological polar surface area (TPSA) is 30.7 Å². The molecule has 3 aromatic heterocycles. The Labute approximate surface area is 127 Å². The molecule has 0 aliphatic heterocycles. The van der Waals surface area contributed by atoms with Crippen LogP contribution in [0.5, 0.6) is 0 Å². The van der Waals surface area contributed by atoms with Crippen molar-refractivity contribution < 1.29 is 0 Å². The van der Waals surface area contributed by atoms with E-state index in [1.165, 1.54) is 4.88 Å². The van der Waals surface area contributed by atoms with E-state index in [1.807, 2.05) is 13.1 Å². The SMILES string of the molecule is Cc1cnc2c(c1)nc(CCCl)n2CCc1cccs1. The summed E-state index contributed by atoms with van der Waals surface area (Å²) in [6.45, 7) is 2.94. The number of hydrogen-bond acceptors (Lipinski definition) is 3. The maximum atomic E-state index is 5.89. The number of aromatic nitrogens is 3. The summed E-state index contributed by atoms with van der Waals surface area (Å²) in [5, 5.41) is 2.11. The zero-order valence-electron chi connectivity index (χ0n) is 11.3. The molecule has 104 valence electrons. The number of rotatable bonds is 5. The Bertz CT molecular complexity index is 703. The number of fused-ring (bicyclic) bond motifs is 1. The van der Waals surface area contributed by atoms with Gasteiger partial charge >= 0.3 is 0 Å². The lowest BCUT2D eigenvalue weighted by Crippen LogP contribution is -2.07. The highest BCUT2D eigenvalue weighted by Gasteiger charge is 2.11. The minimum atomic E-state index is 0.585. The fourth-order valence-electron chi connectivity index (χ4n) is 2.35. The largest absolute Gasteiger partial charge is 0.312 e. The Balaban J connectivity index is 1.95. The molecule has 0 aliphatic rings. The summed E-state index contributed by atoms with van der Waals surface area (Å²) in [5.74, 6) is 1.62. The highest BCUT2D eigenvalue weighted by atomic mass is 35.5. The van der Waals surface area contributed by atoms with E-state index in [0.717, 1.165) is 41.9 Å². The van der Waals surface area contributed by atoms with Gasteiger partial charge in [0.2, 0.25) is 0 Å². The fraction of sp³-hybridized carbons (Fsp3) is 0.333. The molecule has 3 nitrogen and oxygen atoms in total. The lowest BCUT2D eigenvalue weighted by molar-refractivity contribution is 0.674. The van der Waals surface area contributed by atoms with Gasteiger partial charge in [0.05, 0.1) is 0 Å². The van der Waals surface area contributed by atoms with Gasteiger partial charge in [-0.2, -0.15) is 0 Å². The lowest BCUT2D eigenvalue weighted by atomic mass is 10.3. The summed E-state index contributed by atoms with van der Waals surface area (Å²) in [6.07, 6.45) is 3.69. The van der Waals surface area contributed by atoms with Gasteiger partial charge in [-0.05, 0) is 36.4 Å². The van der Waals surface area contributed by atoms with Crippen molar-refractivity contribution in [2.45, 2.75) is 26.3 Å². The third kappa shape index (κ3) is 2.72. The summed E-state index contributed by atoms with van der Waals surface area (Å²) in [4.78, 5) is 10.6. The van der Waals surface area contributed by atoms with Crippen molar-refractivity contribution in [3.63, 3.8) is 0 Å². The van der Waals surface area contributed by atoms with Gasteiger partial charge in [0.15, 0.2) is 5.65 Å². The zero-order chi connectivity index (χ0) is 13.9. The molecule has 0 N–H and O–H groups in total. The molecular weight excluding hydrogens is 290 g/mol. The molecule has 0 bridgehead atoms. The smallest absolute Gasteiger partial charge is 0.160 e. The summed E-state index contributed by atoms with van der Waals surface area (Å²) >= 11 is 7.69. The maximum Gasteiger partial charge on any atom is 0.160 e. The minimum Gasteiger partial charge on any atom is -0.312 e. The van der Waals surface area contributed by atoms with E-state index in [1.54, 1.807) is 11.3 Å². The van der Waals surface area contributed by atoms with Crippen LogP contribution in [0, 0.1) is 6.92 Å². The first kappa shape index (κ1) is 13.6. The van der Waals surface area contributed by atoms with E-state index in [9.17, 15) is 0 Å². The van der Waals surface area contributed by atoms with Gasteiger partial charge < -0.3 is 4.57 Å². The molecule has 0 radical (unpaired) electrons. The standard InChI is InChI=1S/C15H16ClN3S/c1-11-9-13-15(17-10-11)19(14(18-13)4-6-16)7-5-12-3-2-8-20-12/h2-3,8-10H,4-7H2,1H3. The second kappa shape index (κ2) is 5.94. The Kier molecular flexibility index (Phi) is 4.03. The Morgan fingerprint density at radius 1 is 1.35 bits per heavy atom. The third-order valence-electron chi connectivity index (χ3n) is 3.28.